The fraction of sp³-hybridized carbons (Fsp3) is 0.444. The lowest BCUT2D eigenvalue weighted by Crippen LogP contribution is -2.44. The highest BCUT2D eigenvalue weighted by Gasteiger charge is 2.26. The maximum Gasteiger partial charge on any atom is 0.387 e. The van der Waals surface area contributed by atoms with E-state index < -0.39 is 6.61 Å². The van der Waals surface area contributed by atoms with Gasteiger partial charge in [0.2, 0.25) is 0 Å². The largest absolute Gasteiger partial charge is 0.433 e. The van der Waals surface area contributed by atoms with Gasteiger partial charge < -0.3 is 20.3 Å². The topological polar surface area (TPSA) is 66.7 Å². The summed E-state index contributed by atoms with van der Waals surface area (Å²) in [5, 5.41) is 10.8. The van der Waals surface area contributed by atoms with Crippen LogP contribution in [0.1, 0.15) is 12.1 Å². The van der Waals surface area contributed by atoms with Gasteiger partial charge in [-0.05, 0) is 24.6 Å². The van der Waals surface area contributed by atoms with Crippen LogP contribution in [0.25, 0.3) is 0 Å². The predicted molar refractivity (Wildman–Crippen MR) is 116 cm³/mol. The van der Waals surface area contributed by atoms with Crippen LogP contribution in [0.3, 0.4) is 0 Å². The first-order valence-electron chi connectivity index (χ1n) is 8.79. The average molecular weight is 506 g/mol. The fourth-order valence-corrected chi connectivity index (χ4v) is 3.15. The maximum absolute atomic E-state index is 12.6. The number of aliphatic imine (C=N–C) groups is 1. The number of anilines is 1. The minimum absolute atomic E-state index is 0. The SMILES string of the molecule is CN=C(NCc1ccnn1C)NC1CCN(c2ccccc2OC(F)F)C1.I. The predicted octanol–water partition coefficient (Wildman–Crippen LogP) is 2.58. The first kappa shape index (κ1) is 22.2. The second-order valence-corrected chi connectivity index (χ2v) is 6.29. The van der Waals surface area contributed by atoms with Crippen molar-refractivity contribution in [2.75, 3.05) is 25.0 Å². The van der Waals surface area contributed by atoms with E-state index in [1.807, 2.05) is 24.1 Å². The van der Waals surface area contributed by atoms with E-state index in [1.165, 1.54) is 0 Å². The Morgan fingerprint density at radius 1 is 1.36 bits per heavy atom. The minimum Gasteiger partial charge on any atom is -0.433 e. The fourth-order valence-electron chi connectivity index (χ4n) is 3.15. The molecule has 1 aromatic carbocycles. The Kier molecular flexibility index (Phi) is 8.27. The van der Waals surface area contributed by atoms with Crippen LogP contribution in [-0.2, 0) is 13.6 Å². The van der Waals surface area contributed by atoms with Gasteiger partial charge in [0.15, 0.2) is 5.96 Å². The van der Waals surface area contributed by atoms with Crippen molar-refractivity contribution in [3.8, 4) is 5.75 Å². The van der Waals surface area contributed by atoms with E-state index in [0.29, 0.717) is 24.7 Å². The average Bonchev–Trinajstić information content (AvgIpc) is 3.27. The van der Waals surface area contributed by atoms with E-state index in [1.54, 1.807) is 36.1 Å². The van der Waals surface area contributed by atoms with Crippen molar-refractivity contribution in [1.29, 1.82) is 0 Å². The first-order valence-corrected chi connectivity index (χ1v) is 8.79. The number of aromatic nitrogens is 2. The van der Waals surface area contributed by atoms with Gasteiger partial charge >= 0.3 is 6.61 Å². The zero-order valence-corrected chi connectivity index (χ0v) is 18.1. The smallest absolute Gasteiger partial charge is 0.387 e. The number of aryl methyl sites for hydroxylation is 1. The van der Waals surface area contributed by atoms with Crippen molar-refractivity contribution in [2.45, 2.75) is 25.6 Å². The summed E-state index contributed by atoms with van der Waals surface area (Å²) in [6, 6.07) is 8.98. The highest BCUT2D eigenvalue weighted by Crippen LogP contribution is 2.31. The number of nitrogens with zero attached hydrogens (tertiary/aromatic N) is 4. The molecule has 3 rings (SSSR count). The van der Waals surface area contributed by atoms with Gasteiger partial charge in [-0.15, -0.1) is 24.0 Å². The Hall–Kier alpha value is -2.11. The van der Waals surface area contributed by atoms with Gasteiger partial charge in [0.1, 0.15) is 5.75 Å². The molecule has 1 fully saturated rings. The standard InChI is InChI=1S/C18H24F2N6O.HI/c1-21-18(22-11-14-7-9-23-25(14)2)24-13-8-10-26(12-13)15-5-3-4-6-16(15)27-17(19)20;/h3-7,9,13,17H,8,10-12H2,1-2H3,(H2,21,22,24);1H. The van der Waals surface area contributed by atoms with Crippen molar-refractivity contribution in [3.63, 3.8) is 0 Å². The van der Waals surface area contributed by atoms with E-state index in [-0.39, 0.29) is 35.8 Å². The summed E-state index contributed by atoms with van der Waals surface area (Å²) in [6.07, 6.45) is 2.62. The van der Waals surface area contributed by atoms with Gasteiger partial charge in [-0.25, -0.2) is 0 Å². The van der Waals surface area contributed by atoms with Crippen LogP contribution in [-0.4, -0.2) is 48.5 Å². The quantitative estimate of drug-likeness (QED) is 0.359. The molecule has 0 spiro atoms. The van der Waals surface area contributed by atoms with Crippen LogP contribution in [0.5, 0.6) is 5.75 Å². The Bertz CT molecular complexity index is 785. The number of ether oxygens (including phenoxy) is 1. The molecule has 1 saturated heterocycles. The summed E-state index contributed by atoms with van der Waals surface area (Å²) in [6.45, 7) is -0.800. The number of rotatable bonds is 6. The van der Waals surface area contributed by atoms with E-state index in [4.69, 9.17) is 0 Å². The molecule has 1 aromatic heterocycles. The molecule has 0 amide bonds. The van der Waals surface area contributed by atoms with Gasteiger partial charge in [0, 0.05) is 39.4 Å². The molecule has 0 saturated carbocycles. The molecule has 1 unspecified atom stereocenters. The second kappa shape index (κ2) is 10.4. The summed E-state index contributed by atoms with van der Waals surface area (Å²) in [7, 11) is 3.61. The maximum atomic E-state index is 12.6. The molecule has 2 N–H and O–H groups in total. The Balaban J connectivity index is 0.00000280. The van der Waals surface area contributed by atoms with Crippen LogP contribution in [0.15, 0.2) is 41.5 Å². The molecule has 0 radical (unpaired) electrons. The van der Waals surface area contributed by atoms with Crippen LogP contribution in [0.2, 0.25) is 0 Å². The summed E-state index contributed by atoms with van der Waals surface area (Å²) in [4.78, 5) is 6.30. The zero-order valence-electron chi connectivity index (χ0n) is 15.8. The number of hydrogen-bond acceptors (Lipinski definition) is 4. The molecule has 0 aliphatic carbocycles. The number of nitrogens with one attached hydrogen (secondary N) is 2. The lowest BCUT2D eigenvalue weighted by atomic mass is 10.2. The number of benzene rings is 1. The van der Waals surface area contributed by atoms with Crippen LogP contribution in [0.4, 0.5) is 14.5 Å². The van der Waals surface area contributed by atoms with Crippen molar-refractivity contribution < 1.29 is 13.5 Å². The van der Waals surface area contributed by atoms with E-state index in [2.05, 4.69) is 25.5 Å². The Morgan fingerprint density at radius 2 is 2.14 bits per heavy atom. The third kappa shape index (κ3) is 5.69. The van der Waals surface area contributed by atoms with Crippen LogP contribution >= 0.6 is 24.0 Å². The highest BCUT2D eigenvalue weighted by atomic mass is 127. The third-order valence-corrected chi connectivity index (χ3v) is 4.53. The van der Waals surface area contributed by atoms with Crippen molar-refractivity contribution in [1.82, 2.24) is 20.4 Å². The highest BCUT2D eigenvalue weighted by molar-refractivity contribution is 14.0. The number of halogens is 3. The molecule has 154 valence electrons. The number of guanidine groups is 1. The Labute approximate surface area is 180 Å². The molecule has 2 heterocycles. The van der Waals surface area contributed by atoms with Crippen LogP contribution in [0, 0.1) is 0 Å². The number of para-hydroxylation sites is 2. The number of hydrogen-bond donors (Lipinski definition) is 2. The van der Waals surface area contributed by atoms with Crippen molar-refractivity contribution >= 4 is 35.6 Å². The van der Waals surface area contributed by atoms with Crippen LogP contribution < -0.4 is 20.3 Å². The van der Waals surface area contributed by atoms with Gasteiger partial charge in [-0.2, -0.15) is 13.9 Å². The van der Waals surface area contributed by atoms with Crippen molar-refractivity contribution in [2.24, 2.45) is 12.0 Å². The summed E-state index contributed by atoms with van der Waals surface area (Å²) < 4.78 is 31.7. The lowest BCUT2D eigenvalue weighted by Gasteiger charge is -2.22. The number of alkyl halides is 2. The minimum atomic E-state index is -2.84. The Morgan fingerprint density at radius 3 is 2.82 bits per heavy atom. The third-order valence-electron chi connectivity index (χ3n) is 4.53. The van der Waals surface area contributed by atoms with E-state index in [9.17, 15) is 8.78 Å². The molecule has 1 aliphatic rings. The molecule has 0 bridgehead atoms. The summed E-state index contributed by atoms with van der Waals surface area (Å²) in [5.74, 6) is 0.895. The van der Waals surface area contributed by atoms with Gasteiger partial charge in [0.25, 0.3) is 0 Å². The molecule has 28 heavy (non-hydrogen) atoms. The van der Waals surface area contributed by atoms with Gasteiger partial charge in [-0.3, -0.25) is 9.67 Å². The van der Waals surface area contributed by atoms with E-state index >= 15 is 0 Å². The normalized spacial score (nSPS) is 16.8. The van der Waals surface area contributed by atoms with Gasteiger partial charge in [0.05, 0.1) is 17.9 Å². The molecule has 2 aromatic rings. The van der Waals surface area contributed by atoms with Crippen molar-refractivity contribution in [3.05, 3.63) is 42.2 Å². The monoisotopic (exact) mass is 506 g/mol. The molecule has 10 heteroatoms. The summed E-state index contributed by atoms with van der Waals surface area (Å²) >= 11 is 0. The lowest BCUT2D eigenvalue weighted by molar-refractivity contribution is -0.0495. The first-order chi connectivity index (χ1) is 13.1. The molecular weight excluding hydrogens is 481 g/mol. The second-order valence-electron chi connectivity index (χ2n) is 6.29. The summed E-state index contributed by atoms with van der Waals surface area (Å²) in [5.41, 5.74) is 1.73. The van der Waals surface area contributed by atoms with E-state index in [0.717, 1.165) is 18.7 Å². The zero-order chi connectivity index (χ0) is 19.2. The molecule has 1 atom stereocenters. The molecule has 7 nitrogen and oxygen atoms in total. The van der Waals surface area contributed by atoms with Gasteiger partial charge in [-0.1, -0.05) is 12.1 Å². The molecular formula is C18H25F2IN6O. The molecule has 1 aliphatic heterocycles.